The number of benzene rings is 1. The second-order valence-electron chi connectivity index (χ2n) is 6.43. The minimum Gasteiger partial charge on any atom is -0.319 e. The minimum atomic E-state index is 0.248. The molecule has 1 rings (SSSR count). The van der Waals surface area contributed by atoms with Gasteiger partial charge < -0.3 is 5.32 Å². The molecule has 0 spiro atoms. The monoisotopic (exact) mass is 247 g/mol. The van der Waals surface area contributed by atoms with Crippen molar-refractivity contribution in [1.29, 1.82) is 0 Å². The lowest BCUT2D eigenvalue weighted by Crippen LogP contribution is -2.20. The van der Waals surface area contributed by atoms with Gasteiger partial charge in [0.2, 0.25) is 0 Å². The zero-order valence-electron chi connectivity index (χ0n) is 12.9. The summed E-state index contributed by atoms with van der Waals surface area (Å²) >= 11 is 0. The maximum atomic E-state index is 3.29. The minimum absolute atomic E-state index is 0.248. The van der Waals surface area contributed by atoms with Crippen LogP contribution in [-0.2, 0) is 11.8 Å². The molecule has 0 aliphatic carbocycles. The highest BCUT2D eigenvalue weighted by atomic mass is 14.8. The van der Waals surface area contributed by atoms with Gasteiger partial charge in [-0.25, -0.2) is 0 Å². The summed E-state index contributed by atoms with van der Waals surface area (Å²) in [6, 6.07) is 6.99. The van der Waals surface area contributed by atoms with Crippen molar-refractivity contribution in [3.8, 4) is 0 Å². The first-order valence-electron chi connectivity index (χ1n) is 7.13. The fraction of sp³-hybridized carbons (Fsp3) is 0.647. The lowest BCUT2D eigenvalue weighted by atomic mass is 9.84. The number of hydrogen-bond acceptors (Lipinski definition) is 1. The molecule has 1 nitrogen and oxygen atoms in total. The largest absolute Gasteiger partial charge is 0.319 e. The van der Waals surface area contributed by atoms with E-state index in [-0.39, 0.29) is 5.41 Å². The zero-order valence-corrected chi connectivity index (χ0v) is 12.9. The Balaban J connectivity index is 2.85. The Bertz CT molecular complexity index is 374. The molecule has 1 N–H and O–H groups in total. The zero-order chi connectivity index (χ0) is 13.8. The summed E-state index contributed by atoms with van der Waals surface area (Å²) in [5.41, 5.74) is 4.63. The summed E-state index contributed by atoms with van der Waals surface area (Å²) in [6.07, 6.45) is 2.43. The molecule has 0 bridgehead atoms. The van der Waals surface area contributed by atoms with Crippen LogP contribution in [0.4, 0.5) is 0 Å². The highest BCUT2D eigenvalue weighted by Gasteiger charge is 2.15. The molecule has 0 aliphatic heterocycles. The normalized spacial score (nSPS) is 13.7. The molecule has 1 atom stereocenters. The van der Waals surface area contributed by atoms with E-state index in [0.29, 0.717) is 0 Å². The van der Waals surface area contributed by atoms with E-state index in [2.05, 4.69) is 58.1 Å². The van der Waals surface area contributed by atoms with Crippen molar-refractivity contribution in [2.24, 2.45) is 5.92 Å². The molecule has 0 radical (unpaired) electrons. The first kappa shape index (κ1) is 15.2. The first-order valence-corrected chi connectivity index (χ1v) is 7.13. The summed E-state index contributed by atoms with van der Waals surface area (Å²) in [7, 11) is 2.04. The Kier molecular flexibility index (Phi) is 5.40. The van der Waals surface area contributed by atoms with Crippen molar-refractivity contribution in [2.45, 2.75) is 52.9 Å². The molecule has 0 heterocycles. The van der Waals surface area contributed by atoms with E-state index in [0.717, 1.165) is 12.5 Å². The third-order valence-electron chi connectivity index (χ3n) is 3.79. The number of hydrogen-bond donors (Lipinski definition) is 1. The molecule has 0 aliphatic rings. The molecule has 0 saturated heterocycles. The summed E-state index contributed by atoms with van der Waals surface area (Å²) in [6.45, 7) is 12.5. The molecule has 1 unspecified atom stereocenters. The third kappa shape index (κ3) is 4.13. The highest BCUT2D eigenvalue weighted by molar-refractivity contribution is 5.34. The SMILES string of the molecule is CCC(CNC)Cc1ccc(C(C)(C)C)cc1C. The van der Waals surface area contributed by atoms with Crippen molar-refractivity contribution >= 4 is 0 Å². The van der Waals surface area contributed by atoms with Gasteiger partial charge in [-0.3, -0.25) is 0 Å². The Labute approximate surface area is 113 Å². The maximum Gasteiger partial charge on any atom is -0.00204 e. The van der Waals surface area contributed by atoms with Gasteiger partial charge in [0.15, 0.2) is 0 Å². The van der Waals surface area contributed by atoms with Gasteiger partial charge in [-0.15, -0.1) is 0 Å². The Morgan fingerprint density at radius 2 is 1.89 bits per heavy atom. The number of nitrogens with one attached hydrogen (secondary N) is 1. The molecular weight excluding hydrogens is 218 g/mol. The molecular formula is C17H29N. The predicted octanol–water partition coefficient (Wildman–Crippen LogP) is 4.08. The van der Waals surface area contributed by atoms with Crippen LogP contribution in [0.15, 0.2) is 18.2 Å². The smallest absolute Gasteiger partial charge is 0.00204 e. The van der Waals surface area contributed by atoms with Crippen LogP contribution in [0, 0.1) is 12.8 Å². The maximum absolute atomic E-state index is 3.29. The van der Waals surface area contributed by atoms with Gasteiger partial charge >= 0.3 is 0 Å². The van der Waals surface area contributed by atoms with Gasteiger partial charge in [0.05, 0.1) is 0 Å². The molecule has 102 valence electrons. The van der Waals surface area contributed by atoms with E-state index in [1.54, 1.807) is 0 Å². The summed E-state index contributed by atoms with van der Waals surface area (Å²) in [5, 5.41) is 3.29. The predicted molar refractivity (Wildman–Crippen MR) is 81.3 cm³/mol. The van der Waals surface area contributed by atoms with Crippen molar-refractivity contribution in [2.75, 3.05) is 13.6 Å². The van der Waals surface area contributed by atoms with Crippen molar-refractivity contribution < 1.29 is 0 Å². The molecule has 0 fully saturated rings. The Morgan fingerprint density at radius 1 is 1.22 bits per heavy atom. The first-order chi connectivity index (χ1) is 8.38. The van der Waals surface area contributed by atoms with E-state index in [1.807, 2.05) is 7.05 Å². The van der Waals surface area contributed by atoms with Gasteiger partial charge in [-0.2, -0.15) is 0 Å². The van der Waals surface area contributed by atoms with E-state index in [9.17, 15) is 0 Å². The topological polar surface area (TPSA) is 12.0 Å². The quantitative estimate of drug-likeness (QED) is 0.826. The van der Waals surface area contributed by atoms with E-state index in [1.165, 1.54) is 29.5 Å². The summed E-state index contributed by atoms with van der Waals surface area (Å²) in [4.78, 5) is 0. The molecule has 0 amide bonds. The van der Waals surface area contributed by atoms with Crippen LogP contribution in [0.3, 0.4) is 0 Å². The molecule has 18 heavy (non-hydrogen) atoms. The third-order valence-corrected chi connectivity index (χ3v) is 3.79. The van der Waals surface area contributed by atoms with E-state index < -0.39 is 0 Å². The standard InChI is InChI=1S/C17H29N/c1-7-14(12-18-6)11-15-8-9-16(10-13(15)2)17(3,4)5/h8-10,14,18H,7,11-12H2,1-6H3. The lowest BCUT2D eigenvalue weighted by Gasteiger charge is -2.22. The molecule has 1 aromatic rings. The Morgan fingerprint density at radius 3 is 2.33 bits per heavy atom. The van der Waals surface area contributed by atoms with E-state index in [4.69, 9.17) is 0 Å². The molecule has 1 heteroatoms. The second kappa shape index (κ2) is 6.38. The van der Waals surface area contributed by atoms with Gasteiger partial charge in [-0.05, 0) is 55.0 Å². The van der Waals surface area contributed by atoms with Crippen LogP contribution in [0.2, 0.25) is 0 Å². The van der Waals surface area contributed by atoms with Crippen LogP contribution in [0.5, 0.6) is 0 Å². The molecule has 0 saturated carbocycles. The van der Waals surface area contributed by atoms with Crippen LogP contribution in [-0.4, -0.2) is 13.6 Å². The average Bonchev–Trinajstić information content (AvgIpc) is 2.29. The fourth-order valence-corrected chi connectivity index (χ4v) is 2.35. The number of aryl methyl sites for hydroxylation is 1. The Hall–Kier alpha value is -0.820. The summed E-state index contributed by atoms with van der Waals surface area (Å²) < 4.78 is 0. The van der Waals surface area contributed by atoms with E-state index >= 15 is 0 Å². The highest BCUT2D eigenvalue weighted by Crippen LogP contribution is 2.25. The molecule has 0 aromatic heterocycles. The molecule has 1 aromatic carbocycles. The summed E-state index contributed by atoms with van der Waals surface area (Å²) in [5.74, 6) is 0.745. The van der Waals surface area contributed by atoms with Crippen LogP contribution >= 0.6 is 0 Å². The fourth-order valence-electron chi connectivity index (χ4n) is 2.35. The van der Waals surface area contributed by atoms with Crippen molar-refractivity contribution in [3.63, 3.8) is 0 Å². The average molecular weight is 247 g/mol. The second-order valence-corrected chi connectivity index (χ2v) is 6.43. The van der Waals surface area contributed by atoms with Gasteiger partial charge in [-0.1, -0.05) is 52.3 Å². The van der Waals surface area contributed by atoms with Gasteiger partial charge in [0, 0.05) is 0 Å². The van der Waals surface area contributed by atoms with Gasteiger partial charge in [0.1, 0.15) is 0 Å². The van der Waals surface area contributed by atoms with Crippen LogP contribution in [0.25, 0.3) is 0 Å². The van der Waals surface area contributed by atoms with Crippen LogP contribution < -0.4 is 5.32 Å². The van der Waals surface area contributed by atoms with Crippen molar-refractivity contribution in [3.05, 3.63) is 34.9 Å². The van der Waals surface area contributed by atoms with Gasteiger partial charge in [0.25, 0.3) is 0 Å². The van der Waals surface area contributed by atoms with Crippen molar-refractivity contribution in [1.82, 2.24) is 5.32 Å². The number of rotatable bonds is 5. The van der Waals surface area contributed by atoms with Crippen LogP contribution in [0.1, 0.15) is 50.8 Å². The lowest BCUT2D eigenvalue weighted by molar-refractivity contribution is 0.480.